The molecule has 0 unspecified atom stereocenters. The lowest BCUT2D eigenvalue weighted by Gasteiger charge is -2.07. The first-order valence-electron chi connectivity index (χ1n) is 5.77. The van der Waals surface area contributed by atoms with Gasteiger partial charge in [-0.3, -0.25) is 4.72 Å². The molecule has 0 atom stereocenters. The molecule has 0 bridgehead atoms. The van der Waals surface area contributed by atoms with Crippen molar-refractivity contribution < 1.29 is 8.42 Å². The van der Waals surface area contributed by atoms with E-state index in [0.717, 1.165) is 5.41 Å². The topological polar surface area (TPSA) is 46.2 Å². The lowest BCUT2D eigenvalue weighted by atomic mass is 10.2. The van der Waals surface area contributed by atoms with Crippen molar-refractivity contribution in [2.45, 2.75) is 0 Å². The van der Waals surface area contributed by atoms with E-state index in [1.807, 2.05) is 0 Å². The zero-order chi connectivity index (χ0) is 15.5. The highest BCUT2D eigenvalue weighted by Gasteiger charge is 2.09. The molecule has 0 aliphatic heterocycles. The van der Waals surface area contributed by atoms with Crippen LogP contribution >= 0.6 is 34.8 Å². The molecule has 0 aliphatic rings. The van der Waals surface area contributed by atoms with Crippen molar-refractivity contribution in [1.82, 2.24) is 0 Å². The molecule has 0 saturated heterocycles. The molecule has 0 aromatic heterocycles. The second-order valence-corrected chi connectivity index (χ2v) is 6.97. The molecule has 0 amide bonds. The maximum absolute atomic E-state index is 12.0. The summed E-state index contributed by atoms with van der Waals surface area (Å²) in [6.45, 7) is 0. The van der Waals surface area contributed by atoms with E-state index in [1.165, 1.54) is 18.2 Å². The zero-order valence-electron chi connectivity index (χ0n) is 10.6. The second-order valence-electron chi connectivity index (χ2n) is 4.13. The largest absolute Gasteiger partial charge is 0.279 e. The van der Waals surface area contributed by atoms with E-state index in [9.17, 15) is 8.42 Å². The standard InChI is InChI=1S/C14H10Cl3NO2S/c15-11-3-1-10(2-4-11)7-8-21(19,20)18-14-9-12(16)5-6-13(14)17/h1-9,18H/b8-7+. The zero-order valence-corrected chi connectivity index (χ0v) is 13.6. The molecule has 7 heteroatoms. The summed E-state index contributed by atoms with van der Waals surface area (Å²) in [5.74, 6) is 0. The van der Waals surface area contributed by atoms with Crippen LogP contribution in [0.5, 0.6) is 0 Å². The second kappa shape index (κ2) is 6.71. The Morgan fingerprint density at radius 1 is 0.905 bits per heavy atom. The highest BCUT2D eigenvalue weighted by molar-refractivity contribution is 7.95. The Hall–Kier alpha value is -1.20. The maximum atomic E-state index is 12.0. The Labute approximate surface area is 138 Å². The van der Waals surface area contributed by atoms with Gasteiger partial charge >= 0.3 is 0 Å². The fraction of sp³-hybridized carbons (Fsp3) is 0. The molecule has 0 radical (unpaired) electrons. The Balaban J connectivity index is 2.18. The number of benzene rings is 2. The van der Waals surface area contributed by atoms with Gasteiger partial charge in [0.2, 0.25) is 0 Å². The summed E-state index contributed by atoms with van der Waals surface area (Å²) in [6, 6.07) is 11.3. The van der Waals surface area contributed by atoms with Crippen molar-refractivity contribution in [3.05, 3.63) is 68.5 Å². The van der Waals surface area contributed by atoms with Crippen LogP contribution in [0.4, 0.5) is 5.69 Å². The molecule has 0 heterocycles. The van der Waals surface area contributed by atoms with Crippen molar-refractivity contribution >= 4 is 56.6 Å². The number of hydrogen-bond acceptors (Lipinski definition) is 2. The van der Waals surface area contributed by atoms with Gasteiger partial charge in [-0.05, 0) is 42.0 Å². The highest BCUT2D eigenvalue weighted by Crippen LogP contribution is 2.26. The molecular formula is C14H10Cl3NO2S. The number of nitrogens with one attached hydrogen (secondary N) is 1. The predicted molar refractivity (Wildman–Crippen MR) is 89.5 cm³/mol. The third-order valence-electron chi connectivity index (χ3n) is 2.49. The summed E-state index contributed by atoms with van der Waals surface area (Å²) in [5, 5.41) is 2.29. The summed E-state index contributed by atoms with van der Waals surface area (Å²) in [4.78, 5) is 0. The van der Waals surface area contributed by atoms with Gasteiger partial charge in [0.05, 0.1) is 16.1 Å². The van der Waals surface area contributed by atoms with Crippen LogP contribution in [0.15, 0.2) is 47.9 Å². The fourth-order valence-corrected chi connectivity index (χ4v) is 2.90. The number of rotatable bonds is 4. The molecule has 0 fully saturated rings. The molecule has 2 aromatic rings. The first-order valence-corrected chi connectivity index (χ1v) is 8.45. The van der Waals surface area contributed by atoms with Gasteiger partial charge in [-0.1, -0.05) is 46.9 Å². The van der Waals surface area contributed by atoms with Gasteiger partial charge in [-0.2, -0.15) is 0 Å². The monoisotopic (exact) mass is 361 g/mol. The molecule has 3 nitrogen and oxygen atoms in total. The third kappa shape index (κ3) is 4.93. The summed E-state index contributed by atoms with van der Waals surface area (Å²) in [7, 11) is -3.69. The van der Waals surface area contributed by atoms with Gasteiger partial charge in [0.1, 0.15) is 0 Å². The molecule has 2 aromatic carbocycles. The normalized spacial score (nSPS) is 11.8. The van der Waals surface area contributed by atoms with Crippen LogP contribution in [-0.4, -0.2) is 8.42 Å². The van der Waals surface area contributed by atoms with Gasteiger partial charge in [-0.15, -0.1) is 0 Å². The van der Waals surface area contributed by atoms with Gasteiger partial charge in [0.15, 0.2) is 0 Å². The van der Waals surface area contributed by atoms with Gasteiger partial charge in [-0.25, -0.2) is 8.42 Å². The van der Waals surface area contributed by atoms with Crippen LogP contribution in [0.1, 0.15) is 5.56 Å². The van der Waals surface area contributed by atoms with Gasteiger partial charge in [0.25, 0.3) is 10.0 Å². The molecule has 110 valence electrons. The van der Waals surface area contributed by atoms with Crippen molar-refractivity contribution in [2.75, 3.05) is 4.72 Å². The minimum atomic E-state index is -3.69. The smallest absolute Gasteiger partial charge is 0.255 e. The predicted octanol–water partition coefficient (Wildman–Crippen LogP) is 5.06. The first kappa shape index (κ1) is 16.2. The number of sulfonamides is 1. The van der Waals surface area contributed by atoms with Crippen LogP contribution < -0.4 is 4.72 Å². The van der Waals surface area contributed by atoms with Crippen LogP contribution in [-0.2, 0) is 10.0 Å². The third-order valence-corrected chi connectivity index (χ3v) is 4.31. The maximum Gasteiger partial charge on any atom is 0.255 e. The first-order chi connectivity index (χ1) is 9.85. The molecule has 21 heavy (non-hydrogen) atoms. The summed E-state index contributed by atoms with van der Waals surface area (Å²) in [6.07, 6.45) is 1.46. The van der Waals surface area contributed by atoms with Crippen LogP contribution in [0.3, 0.4) is 0 Å². The van der Waals surface area contributed by atoms with Crippen LogP contribution in [0, 0.1) is 0 Å². The Kier molecular flexibility index (Phi) is 5.17. The Morgan fingerprint density at radius 2 is 1.52 bits per heavy atom. The Morgan fingerprint density at radius 3 is 2.19 bits per heavy atom. The van der Waals surface area contributed by atoms with Crippen molar-refractivity contribution in [3.8, 4) is 0 Å². The van der Waals surface area contributed by atoms with Crippen molar-refractivity contribution in [1.29, 1.82) is 0 Å². The van der Waals surface area contributed by atoms with Crippen LogP contribution in [0.25, 0.3) is 6.08 Å². The lowest BCUT2D eigenvalue weighted by molar-refractivity contribution is 0.609. The van der Waals surface area contributed by atoms with E-state index in [2.05, 4.69) is 4.72 Å². The van der Waals surface area contributed by atoms with E-state index >= 15 is 0 Å². The summed E-state index contributed by atoms with van der Waals surface area (Å²) in [5.41, 5.74) is 0.937. The average molecular weight is 363 g/mol. The van der Waals surface area contributed by atoms with E-state index < -0.39 is 10.0 Å². The van der Waals surface area contributed by atoms with Gasteiger partial charge in [0, 0.05) is 10.0 Å². The molecule has 1 N–H and O–H groups in total. The van der Waals surface area contributed by atoms with Crippen molar-refractivity contribution in [3.63, 3.8) is 0 Å². The van der Waals surface area contributed by atoms with E-state index in [0.29, 0.717) is 15.6 Å². The quantitative estimate of drug-likeness (QED) is 0.826. The van der Waals surface area contributed by atoms with E-state index in [1.54, 1.807) is 30.3 Å². The highest BCUT2D eigenvalue weighted by atomic mass is 35.5. The van der Waals surface area contributed by atoms with Gasteiger partial charge < -0.3 is 0 Å². The van der Waals surface area contributed by atoms with E-state index in [-0.39, 0.29) is 10.7 Å². The molecule has 0 saturated carbocycles. The molecule has 0 aliphatic carbocycles. The lowest BCUT2D eigenvalue weighted by Crippen LogP contribution is -2.09. The van der Waals surface area contributed by atoms with Crippen molar-refractivity contribution in [2.24, 2.45) is 0 Å². The minimum absolute atomic E-state index is 0.227. The SMILES string of the molecule is O=S(=O)(/C=C/c1ccc(Cl)cc1)Nc1cc(Cl)ccc1Cl. The summed E-state index contributed by atoms with van der Waals surface area (Å²) >= 11 is 17.5. The minimum Gasteiger partial charge on any atom is -0.279 e. The number of halogens is 3. The van der Waals surface area contributed by atoms with E-state index in [4.69, 9.17) is 34.8 Å². The summed E-state index contributed by atoms with van der Waals surface area (Å²) < 4.78 is 26.3. The fourth-order valence-electron chi connectivity index (χ4n) is 1.51. The molecule has 2 rings (SSSR count). The molecule has 0 spiro atoms. The van der Waals surface area contributed by atoms with Crippen LogP contribution in [0.2, 0.25) is 15.1 Å². The molecular weight excluding hydrogens is 353 g/mol. The average Bonchev–Trinajstić information content (AvgIpc) is 2.42. The Bertz CT molecular complexity index is 771. The number of hydrogen-bond donors (Lipinski definition) is 1. The number of anilines is 1.